The first-order chi connectivity index (χ1) is 9.11. The number of nitrogens with two attached hydrogens (primary N) is 1. The predicted molar refractivity (Wildman–Crippen MR) is 73.9 cm³/mol. The van der Waals surface area contributed by atoms with Crippen LogP contribution in [0.3, 0.4) is 0 Å². The molecule has 0 unspecified atom stereocenters. The first-order valence-electron chi connectivity index (χ1n) is 5.44. The molecule has 0 atom stereocenters. The minimum atomic E-state index is -0.472. The Labute approximate surface area is 115 Å². The highest BCUT2D eigenvalue weighted by Gasteiger charge is 2.04. The number of ether oxygens (including phenoxy) is 2. The van der Waals surface area contributed by atoms with Crippen LogP contribution in [0, 0.1) is 0 Å². The Morgan fingerprint density at radius 2 is 2.42 bits per heavy atom. The fraction of sp³-hybridized carbons (Fsp3) is 0.273. The molecule has 0 radical (unpaired) electrons. The number of nitrogens with zero attached hydrogens (tertiary/aromatic N) is 2. The number of carbonyl (C=O) groups is 1. The quantitative estimate of drug-likeness (QED) is 0.332. The lowest BCUT2D eigenvalue weighted by Gasteiger charge is -2.03. The van der Waals surface area contributed by atoms with Crippen LogP contribution in [0.1, 0.15) is 12.6 Å². The molecule has 0 saturated carbocycles. The van der Waals surface area contributed by atoms with Gasteiger partial charge in [-0.25, -0.2) is 4.79 Å². The number of hydrogen-bond donors (Lipinski definition) is 2. The first kappa shape index (κ1) is 15.0. The van der Waals surface area contributed by atoms with E-state index in [2.05, 4.69) is 27.7 Å². The van der Waals surface area contributed by atoms with Gasteiger partial charge < -0.3 is 15.2 Å². The van der Waals surface area contributed by atoms with Crippen LogP contribution in [-0.4, -0.2) is 35.5 Å². The van der Waals surface area contributed by atoms with E-state index in [1.807, 2.05) is 0 Å². The smallest absolute Gasteiger partial charge is 0.337 e. The van der Waals surface area contributed by atoms with Crippen LogP contribution in [0.25, 0.3) is 0 Å². The lowest BCUT2D eigenvalue weighted by Crippen LogP contribution is -2.24. The summed E-state index contributed by atoms with van der Waals surface area (Å²) in [4.78, 5) is 15.3. The number of pyridine rings is 1. The zero-order chi connectivity index (χ0) is 14.1. The zero-order valence-electron chi connectivity index (χ0n) is 10.3. The van der Waals surface area contributed by atoms with E-state index in [-0.39, 0.29) is 11.7 Å². The van der Waals surface area contributed by atoms with E-state index < -0.39 is 5.97 Å². The number of aromatic nitrogens is 1. The van der Waals surface area contributed by atoms with Gasteiger partial charge in [-0.05, 0) is 31.3 Å². The van der Waals surface area contributed by atoms with Crippen molar-refractivity contribution in [3.63, 3.8) is 0 Å². The highest BCUT2D eigenvalue weighted by molar-refractivity contribution is 7.80. The average molecular weight is 282 g/mol. The van der Waals surface area contributed by atoms with Gasteiger partial charge in [0.25, 0.3) is 0 Å². The lowest BCUT2D eigenvalue weighted by molar-refractivity contribution is -0.139. The highest BCUT2D eigenvalue weighted by Crippen LogP contribution is 2.08. The second-order valence-electron chi connectivity index (χ2n) is 3.26. The Bertz CT molecular complexity index is 462. The molecule has 0 aliphatic carbocycles. The van der Waals surface area contributed by atoms with Crippen molar-refractivity contribution in [2.24, 2.45) is 10.8 Å². The van der Waals surface area contributed by atoms with Crippen LogP contribution >= 0.6 is 12.2 Å². The van der Waals surface area contributed by atoms with Gasteiger partial charge in [-0.2, -0.15) is 5.10 Å². The summed E-state index contributed by atoms with van der Waals surface area (Å²) in [5, 5.41) is 3.81. The largest absolute Gasteiger partial charge is 0.423 e. The monoisotopic (exact) mass is 282 g/mol. The molecule has 8 heteroatoms. The van der Waals surface area contributed by atoms with Crippen molar-refractivity contribution < 1.29 is 14.3 Å². The number of carbonyl (C=O) groups excluding carboxylic acids is 1. The van der Waals surface area contributed by atoms with Crippen LogP contribution in [-0.2, 0) is 9.53 Å². The third-order valence-corrected chi connectivity index (χ3v) is 1.88. The molecule has 0 fully saturated rings. The van der Waals surface area contributed by atoms with Crippen molar-refractivity contribution in [1.29, 1.82) is 0 Å². The maximum atomic E-state index is 11.3. The molecular formula is C11H14N4O3S. The summed E-state index contributed by atoms with van der Waals surface area (Å²) in [6, 6.07) is 3.23. The molecule has 1 heterocycles. The second-order valence-corrected chi connectivity index (χ2v) is 3.70. The molecule has 3 N–H and O–H groups in total. The van der Waals surface area contributed by atoms with Gasteiger partial charge in [0, 0.05) is 6.61 Å². The molecule has 1 aromatic rings. The second kappa shape index (κ2) is 8.11. The Morgan fingerprint density at radius 3 is 3.00 bits per heavy atom. The Kier molecular flexibility index (Phi) is 6.41. The van der Waals surface area contributed by atoms with Crippen LogP contribution in [0.4, 0.5) is 0 Å². The summed E-state index contributed by atoms with van der Waals surface area (Å²) < 4.78 is 9.91. The summed E-state index contributed by atoms with van der Waals surface area (Å²) in [7, 11) is 0. The number of thiocarbonyl (C=S) groups is 1. The standard InChI is InChI=1S/C11H14N4O3S/c1-2-17-7-10(16)18-9-4-3-8(13-6-9)5-14-15-11(12)19/h3-6H,2,7H2,1H3,(H3,12,15,19)/b14-5+. The van der Waals surface area contributed by atoms with Crippen molar-refractivity contribution in [1.82, 2.24) is 10.4 Å². The molecule has 102 valence electrons. The molecular weight excluding hydrogens is 268 g/mol. The topological polar surface area (TPSA) is 98.8 Å². The number of hydrazone groups is 1. The molecule has 0 saturated heterocycles. The van der Waals surface area contributed by atoms with Crippen LogP contribution in [0.15, 0.2) is 23.4 Å². The third kappa shape index (κ3) is 6.43. The summed E-state index contributed by atoms with van der Waals surface area (Å²) in [5.74, 6) is -0.135. The Balaban J connectivity index is 2.49. The highest BCUT2D eigenvalue weighted by atomic mass is 32.1. The van der Waals surface area contributed by atoms with Crippen molar-refractivity contribution in [2.75, 3.05) is 13.2 Å². The molecule has 0 aliphatic rings. The average Bonchev–Trinajstić information content (AvgIpc) is 2.38. The van der Waals surface area contributed by atoms with Gasteiger partial charge in [0.1, 0.15) is 12.4 Å². The van der Waals surface area contributed by atoms with Crippen molar-refractivity contribution in [3.8, 4) is 5.75 Å². The molecule has 0 aromatic carbocycles. The summed E-state index contributed by atoms with van der Waals surface area (Å²) in [6.45, 7) is 2.17. The van der Waals surface area contributed by atoms with E-state index in [1.165, 1.54) is 12.4 Å². The molecule has 0 amide bonds. The van der Waals surface area contributed by atoms with Gasteiger partial charge in [-0.15, -0.1) is 0 Å². The van der Waals surface area contributed by atoms with Gasteiger partial charge in [-0.1, -0.05) is 0 Å². The normalized spacial score (nSPS) is 10.4. The van der Waals surface area contributed by atoms with E-state index in [1.54, 1.807) is 19.1 Å². The lowest BCUT2D eigenvalue weighted by atomic mass is 10.3. The summed E-state index contributed by atoms with van der Waals surface area (Å²) in [6.07, 6.45) is 2.84. The number of rotatable bonds is 6. The fourth-order valence-electron chi connectivity index (χ4n) is 1.04. The Morgan fingerprint density at radius 1 is 1.63 bits per heavy atom. The van der Waals surface area contributed by atoms with Crippen molar-refractivity contribution in [3.05, 3.63) is 24.0 Å². The van der Waals surface area contributed by atoms with E-state index >= 15 is 0 Å². The van der Waals surface area contributed by atoms with Gasteiger partial charge in [-0.3, -0.25) is 10.4 Å². The third-order valence-electron chi connectivity index (χ3n) is 1.79. The molecule has 0 aliphatic heterocycles. The summed E-state index contributed by atoms with van der Waals surface area (Å²) >= 11 is 4.58. The van der Waals surface area contributed by atoms with Gasteiger partial charge in [0.15, 0.2) is 5.11 Å². The maximum Gasteiger partial charge on any atom is 0.337 e. The molecule has 0 bridgehead atoms. The predicted octanol–water partition coefficient (Wildman–Crippen LogP) is 0.191. The van der Waals surface area contributed by atoms with Crippen molar-refractivity contribution >= 4 is 29.5 Å². The molecule has 1 aromatic heterocycles. The molecule has 0 spiro atoms. The van der Waals surface area contributed by atoms with Gasteiger partial charge in [0.2, 0.25) is 0 Å². The van der Waals surface area contributed by atoms with E-state index in [0.717, 1.165) is 0 Å². The Hall–Kier alpha value is -2.06. The maximum absolute atomic E-state index is 11.3. The summed E-state index contributed by atoms with van der Waals surface area (Å²) in [5.41, 5.74) is 8.16. The van der Waals surface area contributed by atoms with Crippen molar-refractivity contribution in [2.45, 2.75) is 6.92 Å². The number of hydrogen-bond acceptors (Lipinski definition) is 6. The van der Waals surface area contributed by atoms with E-state index in [0.29, 0.717) is 18.1 Å². The molecule has 1 rings (SSSR count). The first-order valence-corrected chi connectivity index (χ1v) is 5.85. The fourth-order valence-corrected chi connectivity index (χ4v) is 1.09. The molecule has 7 nitrogen and oxygen atoms in total. The number of esters is 1. The zero-order valence-corrected chi connectivity index (χ0v) is 11.1. The minimum absolute atomic E-state index is 0.0673. The SMILES string of the molecule is CCOCC(=O)Oc1ccc(/C=N/NC(N)=S)nc1. The van der Waals surface area contributed by atoms with Crippen LogP contribution in [0.5, 0.6) is 5.75 Å². The minimum Gasteiger partial charge on any atom is -0.423 e. The van der Waals surface area contributed by atoms with Gasteiger partial charge in [0.05, 0.1) is 18.1 Å². The van der Waals surface area contributed by atoms with Crippen LogP contribution < -0.4 is 15.9 Å². The van der Waals surface area contributed by atoms with Crippen LogP contribution in [0.2, 0.25) is 0 Å². The van der Waals surface area contributed by atoms with E-state index in [9.17, 15) is 4.79 Å². The molecule has 19 heavy (non-hydrogen) atoms. The number of nitrogens with one attached hydrogen (secondary N) is 1. The van der Waals surface area contributed by atoms with Gasteiger partial charge >= 0.3 is 5.97 Å². The van der Waals surface area contributed by atoms with E-state index in [4.69, 9.17) is 15.2 Å².